The molecule has 0 saturated heterocycles. The highest BCUT2D eigenvalue weighted by Crippen LogP contribution is 2.28. The molecule has 0 heterocycles. The lowest BCUT2D eigenvalue weighted by Crippen LogP contribution is -1.95. The monoisotopic (exact) mass is 290 g/mol. The highest BCUT2D eigenvalue weighted by molar-refractivity contribution is 5.79. The van der Waals surface area contributed by atoms with Gasteiger partial charge in [-0.05, 0) is 74.1 Å². The Morgan fingerprint density at radius 3 is 2.24 bits per heavy atom. The Labute approximate surface area is 126 Å². The zero-order valence-corrected chi connectivity index (χ0v) is 13.4. The van der Waals surface area contributed by atoms with E-state index in [4.69, 9.17) is 0 Å². The van der Waals surface area contributed by atoms with Crippen LogP contribution in [0.2, 0.25) is 0 Å². The lowest BCUT2D eigenvalue weighted by Gasteiger charge is -2.12. The van der Waals surface area contributed by atoms with Gasteiger partial charge in [-0.3, -0.25) is 0 Å². The first kappa shape index (κ1) is 17.4. The first-order valence-corrected chi connectivity index (χ1v) is 7.35. The lowest BCUT2D eigenvalue weighted by molar-refractivity contribution is 0.571. The molecular formula is C19H24F2. The van der Waals surface area contributed by atoms with Gasteiger partial charge in [-0.25, -0.2) is 8.78 Å². The summed E-state index contributed by atoms with van der Waals surface area (Å²) in [7, 11) is 0. The van der Waals surface area contributed by atoms with Crippen molar-refractivity contribution in [2.24, 2.45) is 0 Å². The molecule has 0 saturated carbocycles. The summed E-state index contributed by atoms with van der Waals surface area (Å²) in [5, 5.41) is 0. The fourth-order valence-electron chi connectivity index (χ4n) is 2.40. The van der Waals surface area contributed by atoms with Gasteiger partial charge in [0.25, 0.3) is 0 Å². The van der Waals surface area contributed by atoms with E-state index >= 15 is 0 Å². The Hall–Kier alpha value is -1.70. The van der Waals surface area contributed by atoms with Crippen molar-refractivity contribution in [2.75, 3.05) is 0 Å². The standard InChI is InChI=1S/C19H24F2/c1-6-7-8-17(20)12-16(9-13(2)3)19-14(4)10-18(21)11-15(19)5/h9-12H,2,6-8H2,1,3-5H3/b16-9+,17-12-. The van der Waals surface area contributed by atoms with Crippen LogP contribution < -0.4 is 0 Å². The molecule has 21 heavy (non-hydrogen) atoms. The number of allylic oxidation sites excluding steroid dienone is 5. The summed E-state index contributed by atoms with van der Waals surface area (Å²) in [4.78, 5) is 0. The molecule has 0 aliphatic heterocycles. The first-order chi connectivity index (χ1) is 9.85. The van der Waals surface area contributed by atoms with E-state index in [9.17, 15) is 8.78 Å². The molecule has 0 aliphatic carbocycles. The van der Waals surface area contributed by atoms with Crippen LogP contribution in [0.4, 0.5) is 8.78 Å². The van der Waals surface area contributed by atoms with E-state index in [1.165, 1.54) is 12.1 Å². The molecule has 1 aromatic carbocycles. The Morgan fingerprint density at radius 2 is 1.76 bits per heavy atom. The summed E-state index contributed by atoms with van der Waals surface area (Å²) in [6.45, 7) is 11.5. The number of halogens is 2. The summed E-state index contributed by atoms with van der Waals surface area (Å²) >= 11 is 0. The van der Waals surface area contributed by atoms with Crippen LogP contribution in [-0.2, 0) is 0 Å². The van der Waals surface area contributed by atoms with Crippen molar-refractivity contribution in [3.05, 3.63) is 64.8 Å². The van der Waals surface area contributed by atoms with Crippen molar-refractivity contribution in [3.63, 3.8) is 0 Å². The predicted octanol–water partition coefficient (Wildman–Crippen LogP) is 6.45. The van der Waals surface area contributed by atoms with E-state index in [0.29, 0.717) is 6.42 Å². The molecule has 0 spiro atoms. The van der Waals surface area contributed by atoms with Gasteiger partial charge in [0, 0.05) is 0 Å². The number of hydrogen-bond acceptors (Lipinski definition) is 0. The van der Waals surface area contributed by atoms with Crippen molar-refractivity contribution in [2.45, 2.75) is 47.0 Å². The molecule has 0 fully saturated rings. The van der Waals surface area contributed by atoms with Crippen LogP contribution >= 0.6 is 0 Å². The van der Waals surface area contributed by atoms with E-state index in [1.54, 1.807) is 6.08 Å². The van der Waals surface area contributed by atoms with Gasteiger partial charge in [0.1, 0.15) is 11.6 Å². The third-order valence-corrected chi connectivity index (χ3v) is 3.27. The zero-order valence-electron chi connectivity index (χ0n) is 13.4. The van der Waals surface area contributed by atoms with Gasteiger partial charge in [-0.15, -0.1) is 0 Å². The molecular weight excluding hydrogens is 266 g/mol. The minimum atomic E-state index is -0.265. The molecule has 0 bridgehead atoms. The van der Waals surface area contributed by atoms with Crippen molar-refractivity contribution in [3.8, 4) is 0 Å². The fourth-order valence-corrected chi connectivity index (χ4v) is 2.40. The van der Waals surface area contributed by atoms with Crippen LogP contribution in [-0.4, -0.2) is 0 Å². The summed E-state index contributed by atoms with van der Waals surface area (Å²) in [6.07, 6.45) is 5.61. The third kappa shape index (κ3) is 5.30. The molecule has 0 amide bonds. The summed E-state index contributed by atoms with van der Waals surface area (Å²) in [5.74, 6) is -0.411. The molecule has 1 rings (SSSR count). The quantitative estimate of drug-likeness (QED) is 0.528. The van der Waals surface area contributed by atoms with Gasteiger partial charge in [0.2, 0.25) is 0 Å². The maximum atomic E-state index is 14.0. The van der Waals surface area contributed by atoms with Crippen LogP contribution in [0.25, 0.3) is 5.57 Å². The SMILES string of the molecule is C=C(C)/C=C(\C=C(/F)CCCC)c1c(C)cc(F)cc1C. The molecule has 0 aromatic heterocycles. The van der Waals surface area contributed by atoms with Crippen LogP contribution in [0, 0.1) is 19.7 Å². The minimum Gasteiger partial charge on any atom is -0.212 e. The highest BCUT2D eigenvalue weighted by Gasteiger charge is 2.10. The second-order valence-electron chi connectivity index (χ2n) is 5.56. The van der Waals surface area contributed by atoms with Crippen LogP contribution in [0.15, 0.2) is 42.3 Å². The topological polar surface area (TPSA) is 0 Å². The molecule has 0 atom stereocenters. The second-order valence-corrected chi connectivity index (χ2v) is 5.56. The third-order valence-electron chi connectivity index (χ3n) is 3.27. The van der Waals surface area contributed by atoms with Crippen LogP contribution in [0.3, 0.4) is 0 Å². The van der Waals surface area contributed by atoms with Crippen LogP contribution in [0.1, 0.15) is 49.8 Å². The van der Waals surface area contributed by atoms with Crippen molar-refractivity contribution < 1.29 is 8.78 Å². The number of rotatable bonds is 6. The van der Waals surface area contributed by atoms with E-state index < -0.39 is 0 Å². The van der Waals surface area contributed by atoms with E-state index in [-0.39, 0.29) is 11.6 Å². The molecule has 0 nitrogen and oxygen atoms in total. The Balaban J connectivity index is 3.31. The largest absolute Gasteiger partial charge is 0.212 e. The van der Waals surface area contributed by atoms with E-state index in [2.05, 4.69) is 6.58 Å². The van der Waals surface area contributed by atoms with Crippen molar-refractivity contribution in [1.82, 2.24) is 0 Å². The number of unbranched alkanes of at least 4 members (excludes halogenated alkanes) is 1. The maximum absolute atomic E-state index is 14.0. The number of hydrogen-bond donors (Lipinski definition) is 0. The van der Waals surface area contributed by atoms with Gasteiger partial charge < -0.3 is 0 Å². The van der Waals surface area contributed by atoms with Gasteiger partial charge in [-0.1, -0.05) is 31.6 Å². The molecule has 1 aromatic rings. The molecule has 0 unspecified atom stereocenters. The molecule has 2 heteroatoms. The van der Waals surface area contributed by atoms with E-state index in [1.807, 2.05) is 33.8 Å². The Bertz CT molecular complexity index is 554. The Kier molecular flexibility index (Phi) is 6.54. The average molecular weight is 290 g/mol. The van der Waals surface area contributed by atoms with Gasteiger partial charge in [0.15, 0.2) is 0 Å². The Morgan fingerprint density at radius 1 is 1.19 bits per heavy atom. The van der Waals surface area contributed by atoms with Gasteiger partial charge in [0.05, 0.1) is 0 Å². The normalized spacial score (nSPS) is 12.7. The highest BCUT2D eigenvalue weighted by atomic mass is 19.1. The predicted molar refractivity (Wildman–Crippen MR) is 87.4 cm³/mol. The number of benzene rings is 1. The maximum Gasteiger partial charge on any atom is 0.123 e. The first-order valence-electron chi connectivity index (χ1n) is 7.35. The fraction of sp³-hybridized carbons (Fsp3) is 0.368. The van der Waals surface area contributed by atoms with Crippen LogP contribution in [0.5, 0.6) is 0 Å². The molecule has 0 N–H and O–H groups in total. The smallest absolute Gasteiger partial charge is 0.123 e. The van der Waals surface area contributed by atoms with E-state index in [0.717, 1.165) is 40.7 Å². The van der Waals surface area contributed by atoms with Gasteiger partial charge >= 0.3 is 0 Å². The molecule has 0 radical (unpaired) electrons. The number of aryl methyl sites for hydroxylation is 2. The summed E-state index contributed by atoms with van der Waals surface area (Å²) in [5.41, 5.74) is 4.09. The zero-order chi connectivity index (χ0) is 16.0. The minimum absolute atomic E-state index is 0.146. The molecule has 0 aliphatic rings. The average Bonchev–Trinajstić information content (AvgIpc) is 2.34. The van der Waals surface area contributed by atoms with Gasteiger partial charge in [-0.2, -0.15) is 0 Å². The lowest BCUT2D eigenvalue weighted by atomic mass is 9.93. The summed E-state index contributed by atoms with van der Waals surface area (Å²) < 4.78 is 27.5. The summed E-state index contributed by atoms with van der Waals surface area (Å²) in [6, 6.07) is 2.96. The second kappa shape index (κ2) is 7.92. The molecule has 114 valence electrons. The van der Waals surface area contributed by atoms with Crippen molar-refractivity contribution in [1.29, 1.82) is 0 Å². The van der Waals surface area contributed by atoms with Crippen molar-refractivity contribution >= 4 is 5.57 Å².